The minimum atomic E-state index is -0.431. The zero-order valence-corrected chi connectivity index (χ0v) is 10.7. The molecule has 0 aliphatic heterocycles. The standard InChI is InChI=1S/C10H8BrNO3S/c1-14-10(13)9-5(12)4-7(16-9)6-2-3-8(11)15-6/h2-4H,12H2,1H3. The Balaban J connectivity index is 2.41. The fraction of sp³-hybridized carbons (Fsp3) is 0.100. The van der Waals surface area contributed by atoms with Crippen molar-refractivity contribution in [1.82, 2.24) is 0 Å². The fourth-order valence-electron chi connectivity index (χ4n) is 1.23. The van der Waals surface area contributed by atoms with Crippen LogP contribution < -0.4 is 5.73 Å². The summed E-state index contributed by atoms with van der Waals surface area (Å²) in [6, 6.07) is 5.28. The number of ether oxygens (including phenoxy) is 1. The molecular formula is C10H8BrNO3S. The van der Waals surface area contributed by atoms with Crippen LogP contribution in [0.15, 0.2) is 27.3 Å². The number of hydrogen-bond donors (Lipinski definition) is 1. The highest BCUT2D eigenvalue weighted by atomic mass is 79.9. The predicted octanol–water partition coefficient (Wildman–Crippen LogP) is 3.14. The Kier molecular flexibility index (Phi) is 3.02. The molecule has 0 fully saturated rings. The molecule has 0 saturated heterocycles. The van der Waals surface area contributed by atoms with Crippen LogP contribution in [0.2, 0.25) is 0 Å². The summed E-state index contributed by atoms with van der Waals surface area (Å²) in [7, 11) is 1.32. The van der Waals surface area contributed by atoms with E-state index in [-0.39, 0.29) is 0 Å². The number of thiophene rings is 1. The van der Waals surface area contributed by atoms with Crippen molar-refractivity contribution >= 4 is 38.9 Å². The van der Waals surface area contributed by atoms with E-state index in [1.165, 1.54) is 18.4 Å². The van der Waals surface area contributed by atoms with Gasteiger partial charge in [-0.2, -0.15) is 0 Å². The van der Waals surface area contributed by atoms with E-state index in [0.29, 0.717) is 21.0 Å². The van der Waals surface area contributed by atoms with Crippen LogP contribution in [0.4, 0.5) is 5.69 Å². The average Bonchev–Trinajstić information content (AvgIpc) is 2.83. The lowest BCUT2D eigenvalue weighted by Crippen LogP contribution is -2.00. The smallest absolute Gasteiger partial charge is 0.350 e. The Hall–Kier alpha value is -1.27. The van der Waals surface area contributed by atoms with Crippen LogP contribution in [0, 0.1) is 0 Å². The van der Waals surface area contributed by atoms with Gasteiger partial charge < -0.3 is 14.9 Å². The van der Waals surface area contributed by atoms with Gasteiger partial charge in [-0.1, -0.05) is 0 Å². The summed E-state index contributed by atoms with van der Waals surface area (Å²) >= 11 is 4.46. The molecule has 2 aromatic heterocycles. The molecule has 6 heteroatoms. The highest BCUT2D eigenvalue weighted by Crippen LogP contribution is 2.35. The maximum atomic E-state index is 11.4. The molecule has 2 aromatic rings. The van der Waals surface area contributed by atoms with E-state index < -0.39 is 5.97 Å². The van der Waals surface area contributed by atoms with Gasteiger partial charge in [0.25, 0.3) is 0 Å². The molecule has 0 aliphatic rings. The molecule has 0 saturated carbocycles. The van der Waals surface area contributed by atoms with Crippen LogP contribution >= 0.6 is 27.3 Å². The van der Waals surface area contributed by atoms with Gasteiger partial charge in [-0.25, -0.2) is 4.79 Å². The number of anilines is 1. The van der Waals surface area contributed by atoms with Crippen molar-refractivity contribution in [3.63, 3.8) is 0 Å². The molecule has 0 bridgehead atoms. The number of esters is 1. The first kappa shape index (κ1) is 11.2. The van der Waals surface area contributed by atoms with E-state index in [9.17, 15) is 4.79 Å². The SMILES string of the molecule is COC(=O)c1sc(-c2ccc(Br)o2)cc1N. The van der Waals surface area contributed by atoms with Crippen molar-refractivity contribution in [3.8, 4) is 10.6 Å². The number of methoxy groups -OCH3 is 1. The zero-order valence-electron chi connectivity index (χ0n) is 8.32. The third-order valence-corrected chi connectivity index (χ3v) is 3.52. The molecule has 2 heterocycles. The van der Waals surface area contributed by atoms with E-state index in [0.717, 1.165) is 4.88 Å². The first-order chi connectivity index (χ1) is 7.61. The molecule has 0 spiro atoms. The summed E-state index contributed by atoms with van der Waals surface area (Å²) in [6.07, 6.45) is 0. The maximum Gasteiger partial charge on any atom is 0.350 e. The normalized spacial score (nSPS) is 10.4. The van der Waals surface area contributed by atoms with Gasteiger partial charge in [-0.3, -0.25) is 0 Å². The monoisotopic (exact) mass is 301 g/mol. The lowest BCUT2D eigenvalue weighted by atomic mass is 10.3. The van der Waals surface area contributed by atoms with E-state index in [1.807, 2.05) is 0 Å². The molecule has 0 unspecified atom stereocenters. The number of nitrogen functional groups attached to an aromatic ring is 1. The van der Waals surface area contributed by atoms with Gasteiger partial charge in [-0.15, -0.1) is 11.3 Å². The largest absolute Gasteiger partial charge is 0.465 e. The van der Waals surface area contributed by atoms with E-state index in [1.54, 1.807) is 18.2 Å². The summed E-state index contributed by atoms with van der Waals surface area (Å²) < 4.78 is 10.6. The van der Waals surface area contributed by atoms with E-state index in [4.69, 9.17) is 10.2 Å². The Bertz CT molecular complexity index is 532. The average molecular weight is 302 g/mol. The Morgan fingerprint density at radius 2 is 2.31 bits per heavy atom. The first-order valence-corrected chi connectivity index (χ1v) is 5.96. The number of halogens is 1. The second kappa shape index (κ2) is 4.31. The number of furan rings is 1. The van der Waals surface area contributed by atoms with Crippen molar-refractivity contribution in [1.29, 1.82) is 0 Å². The van der Waals surface area contributed by atoms with Gasteiger partial charge in [0, 0.05) is 0 Å². The summed E-state index contributed by atoms with van der Waals surface area (Å²) in [6.45, 7) is 0. The van der Waals surface area contributed by atoms with Gasteiger partial charge in [0.2, 0.25) is 0 Å². The predicted molar refractivity (Wildman–Crippen MR) is 65.5 cm³/mol. The Morgan fingerprint density at radius 3 is 2.88 bits per heavy atom. The highest BCUT2D eigenvalue weighted by Gasteiger charge is 2.17. The Morgan fingerprint density at radius 1 is 1.56 bits per heavy atom. The van der Waals surface area contributed by atoms with E-state index >= 15 is 0 Å². The molecule has 0 aromatic carbocycles. The molecule has 16 heavy (non-hydrogen) atoms. The van der Waals surface area contributed by atoms with Gasteiger partial charge in [0.05, 0.1) is 17.7 Å². The van der Waals surface area contributed by atoms with Crippen LogP contribution in [-0.4, -0.2) is 13.1 Å². The first-order valence-electron chi connectivity index (χ1n) is 4.35. The molecule has 2 rings (SSSR count). The zero-order chi connectivity index (χ0) is 11.7. The lowest BCUT2D eigenvalue weighted by molar-refractivity contribution is 0.0607. The van der Waals surface area contributed by atoms with Gasteiger partial charge in [-0.05, 0) is 34.1 Å². The van der Waals surface area contributed by atoms with Crippen molar-refractivity contribution in [2.24, 2.45) is 0 Å². The molecular weight excluding hydrogens is 294 g/mol. The molecule has 84 valence electrons. The number of carbonyl (C=O) groups excluding carboxylic acids is 1. The van der Waals surface area contributed by atoms with Crippen LogP contribution in [0.3, 0.4) is 0 Å². The molecule has 2 N–H and O–H groups in total. The number of carbonyl (C=O) groups is 1. The maximum absolute atomic E-state index is 11.4. The van der Waals surface area contributed by atoms with Crippen LogP contribution in [0.5, 0.6) is 0 Å². The lowest BCUT2D eigenvalue weighted by Gasteiger charge is -1.94. The topological polar surface area (TPSA) is 65.5 Å². The van der Waals surface area contributed by atoms with Crippen LogP contribution in [0.25, 0.3) is 10.6 Å². The van der Waals surface area contributed by atoms with Gasteiger partial charge in [0.15, 0.2) is 4.67 Å². The Labute approximate surface area is 104 Å². The van der Waals surface area contributed by atoms with Gasteiger partial charge in [0.1, 0.15) is 10.6 Å². The van der Waals surface area contributed by atoms with Crippen molar-refractivity contribution in [2.75, 3.05) is 12.8 Å². The van der Waals surface area contributed by atoms with Crippen molar-refractivity contribution in [2.45, 2.75) is 0 Å². The number of rotatable bonds is 2. The summed E-state index contributed by atoms with van der Waals surface area (Å²) in [5.41, 5.74) is 6.12. The second-order valence-corrected chi connectivity index (χ2v) is 4.82. The van der Waals surface area contributed by atoms with Crippen molar-refractivity contribution in [3.05, 3.63) is 27.7 Å². The fourth-order valence-corrected chi connectivity index (χ4v) is 2.49. The minimum absolute atomic E-state index is 0.394. The second-order valence-electron chi connectivity index (χ2n) is 2.99. The minimum Gasteiger partial charge on any atom is -0.465 e. The van der Waals surface area contributed by atoms with E-state index in [2.05, 4.69) is 20.7 Å². The summed E-state index contributed by atoms with van der Waals surface area (Å²) in [4.78, 5) is 12.5. The summed E-state index contributed by atoms with van der Waals surface area (Å²) in [5.74, 6) is 0.234. The number of hydrogen-bond acceptors (Lipinski definition) is 5. The summed E-state index contributed by atoms with van der Waals surface area (Å²) in [5, 5.41) is 0. The molecule has 4 nitrogen and oxygen atoms in total. The molecule has 0 radical (unpaired) electrons. The third-order valence-electron chi connectivity index (χ3n) is 1.95. The van der Waals surface area contributed by atoms with Crippen molar-refractivity contribution < 1.29 is 13.9 Å². The molecule has 0 amide bonds. The molecule has 0 atom stereocenters. The van der Waals surface area contributed by atoms with Crippen LogP contribution in [-0.2, 0) is 4.74 Å². The quantitative estimate of drug-likeness (QED) is 0.866. The van der Waals surface area contributed by atoms with Gasteiger partial charge >= 0.3 is 5.97 Å². The van der Waals surface area contributed by atoms with Crippen LogP contribution in [0.1, 0.15) is 9.67 Å². The number of nitrogens with two attached hydrogens (primary N) is 1. The molecule has 0 aliphatic carbocycles. The third kappa shape index (κ3) is 1.98. The highest BCUT2D eigenvalue weighted by molar-refractivity contribution is 9.10.